The van der Waals surface area contributed by atoms with Gasteiger partial charge in [-0.1, -0.05) is 0 Å². The zero-order valence-electron chi connectivity index (χ0n) is 11.0. The molecule has 0 radical (unpaired) electrons. The number of ether oxygens (including phenoxy) is 1. The van der Waals surface area contributed by atoms with Crippen LogP contribution in [0.1, 0.15) is 33.6 Å². The molecule has 0 aromatic heterocycles. The largest absolute Gasteiger partial charge is 0.374 e. The number of sulfone groups is 1. The smallest absolute Gasteiger partial charge is 0.147 e. The van der Waals surface area contributed by atoms with Gasteiger partial charge in [-0.2, -0.15) is 0 Å². The van der Waals surface area contributed by atoms with E-state index in [-0.39, 0.29) is 17.4 Å². The van der Waals surface area contributed by atoms with Crippen LogP contribution in [-0.2, 0) is 14.6 Å². The number of hydrogen-bond acceptors (Lipinski definition) is 4. The summed E-state index contributed by atoms with van der Waals surface area (Å²) in [5, 5.41) is 3.14. The molecule has 0 heterocycles. The highest BCUT2D eigenvalue weighted by molar-refractivity contribution is 7.90. The first-order valence-electron chi connectivity index (χ1n) is 5.63. The van der Waals surface area contributed by atoms with E-state index in [0.717, 1.165) is 6.42 Å². The predicted molar refractivity (Wildman–Crippen MR) is 67.5 cm³/mol. The van der Waals surface area contributed by atoms with Crippen LogP contribution >= 0.6 is 0 Å². The fourth-order valence-corrected chi connectivity index (χ4v) is 1.94. The Morgan fingerprint density at radius 3 is 2.25 bits per heavy atom. The van der Waals surface area contributed by atoms with Crippen molar-refractivity contribution < 1.29 is 13.2 Å². The van der Waals surface area contributed by atoms with Crippen LogP contribution in [0.3, 0.4) is 0 Å². The molecule has 0 aliphatic rings. The topological polar surface area (TPSA) is 55.4 Å². The second kappa shape index (κ2) is 6.57. The SMILES string of the molecule is CNC(CCCS(C)(=O)=O)COC(C)(C)C. The molecule has 0 aliphatic heterocycles. The van der Waals surface area contributed by atoms with Gasteiger partial charge in [0.15, 0.2) is 0 Å². The maximum absolute atomic E-state index is 11.0. The van der Waals surface area contributed by atoms with E-state index in [4.69, 9.17) is 4.74 Å². The maximum Gasteiger partial charge on any atom is 0.147 e. The molecule has 1 atom stereocenters. The summed E-state index contributed by atoms with van der Waals surface area (Å²) in [6.45, 7) is 6.65. The monoisotopic (exact) mass is 251 g/mol. The van der Waals surface area contributed by atoms with Crippen molar-refractivity contribution in [3.63, 3.8) is 0 Å². The summed E-state index contributed by atoms with van der Waals surface area (Å²) >= 11 is 0. The molecule has 0 bridgehead atoms. The Morgan fingerprint density at radius 1 is 1.31 bits per heavy atom. The van der Waals surface area contributed by atoms with Gasteiger partial charge in [0.25, 0.3) is 0 Å². The van der Waals surface area contributed by atoms with Gasteiger partial charge in [0.1, 0.15) is 9.84 Å². The quantitative estimate of drug-likeness (QED) is 0.739. The molecule has 1 N–H and O–H groups in total. The summed E-state index contributed by atoms with van der Waals surface area (Å²) in [6.07, 6.45) is 2.77. The molecule has 0 spiro atoms. The Bertz CT molecular complexity index is 280. The van der Waals surface area contributed by atoms with Crippen molar-refractivity contribution in [1.29, 1.82) is 0 Å². The summed E-state index contributed by atoms with van der Waals surface area (Å²) in [4.78, 5) is 0. The van der Waals surface area contributed by atoms with Gasteiger partial charge in [-0.3, -0.25) is 0 Å². The third-order valence-electron chi connectivity index (χ3n) is 2.19. The molecule has 0 aliphatic carbocycles. The minimum absolute atomic E-state index is 0.147. The Hall–Kier alpha value is -0.130. The van der Waals surface area contributed by atoms with Crippen molar-refractivity contribution in [1.82, 2.24) is 5.32 Å². The Morgan fingerprint density at radius 2 is 1.88 bits per heavy atom. The average Bonchev–Trinajstić information content (AvgIpc) is 2.07. The normalized spacial score (nSPS) is 15.1. The molecule has 0 rings (SSSR count). The fraction of sp³-hybridized carbons (Fsp3) is 1.00. The third kappa shape index (κ3) is 10.4. The predicted octanol–water partition coefficient (Wildman–Crippen LogP) is 1.21. The molecule has 0 fully saturated rings. The second-order valence-electron chi connectivity index (χ2n) is 5.18. The van der Waals surface area contributed by atoms with Gasteiger partial charge in [0.2, 0.25) is 0 Å². The van der Waals surface area contributed by atoms with Crippen LogP contribution in [0.2, 0.25) is 0 Å². The number of nitrogens with one attached hydrogen (secondary N) is 1. The molecule has 0 saturated heterocycles. The first kappa shape index (κ1) is 15.9. The zero-order valence-corrected chi connectivity index (χ0v) is 11.9. The molecular weight excluding hydrogens is 226 g/mol. The molecular formula is C11H25NO3S. The van der Waals surface area contributed by atoms with Gasteiger partial charge >= 0.3 is 0 Å². The lowest BCUT2D eigenvalue weighted by atomic mass is 10.1. The van der Waals surface area contributed by atoms with Crippen LogP contribution < -0.4 is 5.32 Å². The van der Waals surface area contributed by atoms with Crippen LogP contribution in [0, 0.1) is 0 Å². The van der Waals surface area contributed by atoms with Crippen LogP contribution in [0.4, 0.5) is 0 Å². The number of rotatable bonds is 7. The average molecular weight is 251 g/mol. The van der Waals surface area contributed by atoms with Crippen molar-refractivity contribution >= 4 is 9.84 Å². The Labute approximate surface area is 99.7 Å². The molecule has 0 aromatic rings. The van der Waals surface area contributed by atoms with Gasteiger partial charge in [-0.25, -0.2) is 8.42 Å². The van der Waals surface area contributed by atoms with Crippen molar-refractivity contribution in [3.8, 4) is 0 Å². The van der Waals surface area contributed by atoms with Crippen molar-refractivity contribution in [2.24, 2.45) is 0 Å². The van der Waals surface area contributed by atoms with Gasteiger partial charge in [-0.15, -0.1) is 0 Å². The molecule has 4 nitrogen and oxygen atoms in total. The van der Waals surface area contributed by atoms with Gasteiger partial charge < -0.3 is 10.1 Å². The van der Waals surface area contributed by atoms with Crippen molar-refractivity contribution in [2.75, 3.05) is 25.7 Å². The zero-order chi connectivity index (χ0) is 12.8. The summed E-state index contributed by atoms with van der Waals surface area (Å²) in [6, 6.07) is 0.223. The van der Waals surface area contributed by atoms with Crippen molar-refractivity contribution in [3.05, 3.63) is 0 Å². The van der Waals surface area contributed by atoms with Gasteiger partial charge in [0, 0.05) is 18.1 Å². The van der Waals surface area contributed by atoms with Crippen LogP contribution in [0.25, 0.3) is 0 Å². The van der Waals surface area contributed by atoms with E-state index in [0.29, 0.717) is 13.0 Å². The number of likely N-dealkylation sites (N-methyl/N-ethyl adjacent to an activating group) is 1. The van der Waals surface area contributed by atoms with Gasteiger partial charge in [0.05, 0.1) is 12.2 Å². The molecule has 0 saturated carbocycles. The van der Waals surface area contributed by atoms with Crippen LogP contribution in [0.15, 0.2) is 0 Å². The summed E-state index contributed by atoms with van der Waals surface area (Å²) in [5.74, 6) is 0.251. The lowest BCUT2D eigenvalue weighted by molar-refractivity contribution is -0.0145. The van der Waals surface area contributed by atoms with E-state index in [2.05, 4.69) is 5.32 Å². The molecule has 0 aromatic carbocycles. The number of hydrogen-bond donors (Lipinski definition) is 1. The van der Waals surface area contributed by atoms with E-state index >= 15 is 0 Å². The van der Waals surface area contributed by atoms with E-state index in [1.54, 1.807) is 0 Å². The molecule has 1 unspecified atom stereocenters. The fourth-order valence-electron chi connectivity index (χ4n) is 1.25. The van der Waals surface area contributed by atoms with Crippen molar-refractivity contribution in [2.45, 2.75) is 45.3 Å². The summed E-state index contributed by atoms with van der Waals surface area (Å²) < 4.78 is 27.6. The van der Waals surface area contributed by atoms with E-state index in [9.17, 15) is 8.42 Å². The highest BCUT2D eigenvalue weighted by Crippen LogP contribution is 2.09. The Balaban J connectivity index is 3.85. The minimum Gasteiger partial charge on any atom is -0.374 e. The van der Waals surface area contributed by atoms with E-state index < -0.39 is 9.84 Å². The standard InChI is InChI=1S/C11H25NO3S/c1-11(2,3)15-9-10(12-4)7-6-8-16(5,13)14/h10,12H,6-9H2,1-5H3. The Kier molecular flexibility index (Phi) is 6.51. The summed E-state index contributed by atoms with van der Waals surface area (Å²) in [5.41, 5.74) is -0.147. The summed E-state index contributed by atoms with van der Waals surface area (Å²) in [7, 11) is -0.968. The first-order valence-corrected chi connectivity index (χ1v) is 7.69. The molecule has 0 amide bonds. The lowest BCUT2D eigenvalue weighted by Crippen LogP contribution is -2.34. The van der Waals surface area contributed by atoms with E-state index in [1.807, 2.05) is 27.8 Å². The first-order chi connectivity index (χ1) is 7.14. The minimum atomic E-state index is -2.84. The third-order valence-corrected chi connectivity index (χ3v) is 3.22. The molecule has 98 valence electrons. The lowest BCUT2D eigenvalue weighted by Gasteiger charge is -2.24. The molecule has 5 heteroatoms. The van der Waals surface area contributed by atoms with Crippen LogP contribution in [-0.4, -0.2) is 45.7 Å². The van der Waals surface area contributed by atoms with Crippen LogP contribution in [0.5, 0.6) is 0 Å². The highest BCUT2D eigenvalue weighted by Gasteiger charge is 2.14. The maximum atomic E-state index is 11.0. The molecule has 16 heavy (non-hydrogen) atoms. The second-order valence-corrected chi connectivity index (χ2v) is 7.44. The van der Waals surface area contributed by atoms with E-state index in [1.165, 1.54) is 6.26 Å². The van der Waals surface area contributed by atoms with Gasteiger partial charge in [-0.05, 0) is 40.7 Å². The highest BCUT2D eigenvalue weighted by atomic mass is 32.2.